The van der Waals surface area contributed by atoms with Crippen molar-refractivity contribution >= 4 is 5.97 Å². The van der Waals surface area contributed by atoms with E-state index in [2.05, 4.69) is 0 Å². The average Bonchev–Trinajstić information content (AvgIpc) is 3.01. The third kappa shape index (κ3) is 2.50. The smallest absolute Gasteiger partial charge is 0.335 e. The summed E-state index contributed by atoms with van der Waals surface area (Å²) in [5.74, 6) is -0.0907. The van der Waals surface area contributed by atoms with E-state index in [1.807, 2.05) is 0 Å². The molecule has 0 aromatic heterocycles. The molecule has 1 N–H and O–H groups in total. The van der Waals surface area contributed by atoms with Crippen LogP contribution in [0.3, 0.4) is 0 Å². The van der Waals surface area contributed by atoms with Crippen molar-refractivity contribution in [2.75, 3.05) is 6.61 Å². The van der Waals surface area contributed by atoms with Gasteiger partial charge in [-0.1, -0.05) is 0 Å². The van der Waals surface area contributed by atoms with Gasteiger partial charge in [0.05, 0.1) is 18.4 Å². The summed E-state index contributed by atoms with van der Waals surface area (Å²) in [6.07, 6.45) is 9.64. The van der Waals surface area contributed by atoms with Gasteiger partial charge in [0.15, 0.2) is 6.29 Å². The van der Waals surface area contributed by atoms with E-state index in [1.165, 1.54) is 19.1 Å². The number of hydrogen-bond donors (Lipinski definition) is 1. The van der Waals surface area contributed by atoms with Crippen molar-refractivity contribution in [2.45, 2.75) is 57.7 Å². The summed E-state index contributed by atoms with van der Waals surface area (Å²) < 4.78 is 11.1. The van der Waals surface area contributed by atoms with Crippen LogP contribution in [0.15, 0.2) is 11.8 Å². The Morgan fingerprint density at radius 1 is 1.26 bits per heavy atom. The molecule has 1 atom stereocenters. The Morgan fingerprint density at radius 2 is 2.05 bits per heavy atom. The molecule has 106 valence electrons. The van der Waals surface area contributed by atoms with Crippen molar-refractivity contribution in [1.29, 1.82) is 0 Å². The molecule has 3 fully saturated rings. The van der Waals surface area contributed by atoms with E-state index in [1.54, 1.807) is 0 Å². The van der Waals surface area contributed by atoms with E-state index in [9.17, 15) is 9.90 Å². The molecule has 4 nitrogen and oxygen atoms in total. The van der Waals surface area contributed by atoms with Crippen LogP contribution < -0.4 is 0 Å². The van der Waals surface area contributed by atoms with Crippen LogP contribution in [-0.2, 0) is 14.3 Å². The molecule has 2 bridgehead atoms. The Bertz CT molecular complexity index is 374. The van der Waals surface area contributed by atoms with Gasteiger partial charge in [0.2, 0.25) is 0 Å². The van der Waals surface area contributed by atoms with Gasteiger partial charge in [-0.15, -0.1) is 0 Å². The molecule has 19 heavy (non-hydrogen) atoms. The molecule has 4 heteroatoms. The van der Waals surface area contributed by atoms with Gasteiger partial charge in [-0.3, -0.25) is 0 Å². The standard InChI is InChI=1S/C15H22O4/c16-14(17)12(10-19-13-3-1-2-8-18-13)15-6-4-11(9-15)5-7-15/h10-11,13H,1-9H2,(H,16,17). The van der Waals surface area contributed by atoms with Crippen molar-refractivity contribution in [2.24, 2.45) is 11.3 Å². The fourth-order valence-electron chi connectivity index (χ4n) is 3.93. The lowest BCUT2D eigenvalue weighted by Crippen LogP contribution is -2.25. The highest BCUT2D eigenvalue weighted by atomic mass is 16.7. The number of ether oxygens (including phenoxy) is 2. The second kappa shape index (κ2) is 5.16. The van der Waals surface area contributed by atoms with Crippen LogP contribution in [0.1, 0.15) is 51.4 Å². The van der Waals surface area contributed by atoms with Crippen LogP contribution in [0.4, 0.5) is 0 Å². The van der Waals surface area contributed by atoms with Gasteiger partial charge in [0.25, 0.3) is 0 Å². The lowest BCUT2D eigenvalue weighted by molar-refractivity contribution is -0.138. The van der Waals surface area contributed by atoms with Gasteiger partial charge < -0.3 is 14.6 Å². The molecule has 1 saturated heterocycles. The largest absolute Gasteiger partial charge is 0.478 e. The van der Waals surface area contributed by atoms with Crippen molar-refractivity contribution < 1.29 is 19.4 Å². The highest BCUT2D eigenvalue weighted by molar-refractivity contribution is 5.88. The topological polar surface area (TPSA) is 55.8 Å². The summed E-state index contributed by atoms with van der Waals surface area (Å²) in [6.45, 7) is 0.716. The number of aliphatic carboxylic acids is 1. The van der Waals surface area contributed by atoms with E-state index in [4.69, 9.17) is 9.47 Å². The second-order valence-corrected chi connectivity index (χ2v) is 6.20. The van der Waals surface area contributed by atoms with E-state index in [0.29, 0.717) is 12.2 Å². The Hall–Kier alpha value is -1.03. The minimum Gasteiger partial charge on any atom is -0.478 e. The molecule has 0 amide bonds. The zero-order valence-electron chi connectivity index (χ0n) is 11.3. The normalized spacial score (nSPS) is 38.4. The molecule has 2 aliphatic carbocycles. The van der Waals surface area contributed by atoms with Gasteiger partial charge >= 0.3 is 5.97 Å². The summed E-state index contributed by atoms with van der Waals surface area (Å²) in [5.41, 5.74) is 0.354. The van der Waals surface area contributed by atoms with Crippen LogP contribution in [0.2, 0.25) is 0 Å². The predicted octanol–water partition coefficient (Wildman–Crippen LogP) is 3.08. The minimum absolute atomic E-state index is 0.120. The SMILES string of the molecule is O=C(O)C(=COC1CCCCO1)C12CCC(CC1)C2. The number of carbonyl (C=O) groups is 1. The number of rotatable bonds is 4. The quantitative estimate of drug-likeness (QED) is 0.627. The fourth-order valence-corrected chi connectivity index (χ4v) is 3.93. The third-order valence-electron chi connectivity index (χ3n) is 5.02. The molecule has 0 spiro atoms. The molecular weight excluding hydrogens is 244 g/mol. The predicted molar refractivity (Wildman–Crippen MR) is 69.4 cm³/mol. The first kappa shape index (κ1) is 13.0. The van der Waals surface area contributed by atoms with Crippen LogP contribution in [0.5, 0.6) is 0 Å². The molecule has 0 radical (unpaired) electrons. The van der Waals surface area contributed by atoms with E-state index >= 15 is 0 Å². The summed E-state index contributed by atoms with van der Waals surface area (Å²) in [5, 5.41) is 9.49. The van der Waals surface area contributed by atoms with Gasteiger partial charge in [-0.05, 0) is 50.9 Å². The first-order valence-corrected chi connectivity index (χ1v) is 7.41. The average molecular weight is 266 g/mol. The fraction of sp³-hybridized carbons (Fsp3) is 0.800. The molecular formula is C15H22O4. The number of carboxylic acid groups (broad SMARTS) is 1. The summed E-state index contributed by atoms with van der Waals surface area (Å²) in [7, 11) is 0. The highest BCUT2D eigenvalue weighted by Crippen LogP contribution is 2.58. The van der Waals surface area contributed by atoms with Crippen LogP contribution >= 0.6 is 0 Å². The van der Waals surface area contributed by atoms with E-state index in [-0.39, 0.29) is 11.7 Å². The molecule has 1 unspecified atom stereocenters. The number of hydrogen-bond acceptors (Lipinski definition) is 3. The zero-order chi connectivity index (χ0) is 13.3. The van der Waals surface area contributed by atoms with Crippen LogP contribution in [0, 0.1) is 11.3 Å². The maximum Gasteiger partial charge on any atom is 0.335 e. The summed E-state index contributed by atoms with van der Waals surface area (Å²) in [6, 6.07) is 0. The van der Waals surface area contributed by atoms with Crippen molar-refractivity contribution in [3.8, 4) is 0 Å². The van der Waals surface area contributed by atoms with Gasteiger partial charge in [0.1, 0.15) is 0 Å². The molecule has 2 saturated carbocycles. The maximum absolute atomic E-state index is 11.6. The molecule has 0 aromatic rings. The number of carboxylic acids is 1. The summed E-state index contributed by atoms with van der Waals surface area (Å²) >= 11 is 0. The van der Waals surface area contributed by atoms with Crippen molar-refractivity contribution in [3.05, 3.63) is 11.8 Å². The zero-order valence-corrected chi connectivity index (χ0v) is 11.3. The van der Waals surface area contributed by atoms with E-state index in [0.717, 1.165) is 44.4 Å². The Labute approximate surface area is 113 Å². The van der Waals surface area contributed by atoms with Crippen LogP contribution in [0.25, 0.3) is 0 Å². The van der Waals surface area contributed by atoms with Crippen molar-refractivity contribution in [3.63, 3.8) is 0 Å². The van der Waals surface area contributed by atoms with Gasteiger partial charge in [-0.25, -0.2) is 4.79 Å². The lowest BCUT2D eigenvalue weighted by Gasteiger charge is -2.28. The Morgan fingerprint density at radius 3 is 2.58 bits per heavy atom. The lowest BCUT2D eigenvalue weighted by atomic mass is 9.77. The van der Waals surface area contributed by atoms with E-state index < -0.39 is 5.97 Å². The maximum atomic E-state index is 11.6. The Kier molecular flexibility index (Phi) is 3.52. The first-order chi connectivity index (χ1) is 9.20. The molecule has 3 rings (SSSR count). The Balaban J connectivity index is 1.71. The van der Waals surface area contributed by atoms with Crippen molar-refractivity contribution in [1.82, 2.24) is 0 Å². The highest BCUT2D eigenvalue weighted by Gasteiger charge is 2.49. The third-order valence-corrected chi connectivity index (χ3v) is 5.02. The first-order valence-electron chi connectivity index (χ1n) is 7.41. The summed E-state index contributed by atoms with van der Waals surface area (Å²) in [4.78, 5) is 11.6. The molecule has 1 aliphatic heterocycles. The molecule has 0 aromatic carbocycles. The van der Waals surface area contributed by atoms with Crippen LogP contribution in [-0.4, -0.2) is 24.0 Å². The van der Waals surface area contributed by atoms with Gasteiger partial charge in [-0.2, -0.15) is 0 Å². The minimum atomic E-state index is -0.821. The van der Waals surface area contributed by atoms with Gasteiger partial charge in [0, 0.05) is 11.8 Å². The second-order valence-electron chi connectivity index (χ2n) is 6.20. The molecule has 1 heterocycles. The monoisotopic (exact) mass is 266 g/mol. The number of fused-ring (bicyclic) bond motifs is 2. The molecule has 3 aliphatic rings.